The summed E-state index contributed by atoms with van der Waals surface area (Å²) in [7, 11) is 0. The molecule has 3 heterocycles. The van der Waals surface area contributed by atoms with Gasteiger partial charge in [-0.25, -0.2) is 13.5 Å². The Morgan fingerprint density at radius 1 is 0.969 bits per heavy atom. The Labute approximate surface area is 185 Å². The van der Waals surface area contributed by atoms with Crippen molar-refractivity contribution in [2.75, 3.05) is 49.6 Å². The second-order valence-electron chi connectivity index (χ2n) is 8.78. The van der Waals surface area contributed by atoms with Crippen LogP contribution in [0.2, 0.25) is 0 Å². The van der Waals surface area contributed by atoms with E-state index in [1.54, 1.807) is 0 Å². The first-order chi connectivity index (χ1) is 15.4. The van der Waals surface area contributed by atoms with E-state index >= 15 is 0 Å². The second-order valence-corrected chi connectivity index (χ2v) is 8.78. The van der Waals surface area contributed by atoms with Crippen LogP contribution < -0.4 is 10.2 Å². The van der Waals surface area contributed by atoms with E-state index < -0.39 is 11.6 Å². The minimum absolute atomic E-state index is 0.168. The predicted molar refractivity (Wildman–Crippen MR) is 119 cm³/mol. The predicted octanol–water partition coefficient (Wildman–Crippen LogP) is 3.51. The first kappa shape index (κ1) is 20.8. The molecule has 9 heteroatoms. The molecule has 2 aliphatic heterocycles. The lowest BCUT2D eigenvalue weighted by Gasteiger charge is -2.56. The van der Waals surface area contributed by atoms with Crippen LogP contribution in [0.25, 0.3) is 5.69 Å². The average Bonchev–Trinajstić information content (AvgIpc) is 3.19. The first-order valence-corrected chi connectivity index (χ1v) is 10.7. The van der Waals surface area contributed by atoms with Crippen molar-refractivity contribution in [3.8, 4) is 5.69 Å². The normalized spacial score (nSPS) is 18.4. The highest BCUT2D eigenvalue weighted by molar-refractivity contribution is 5.65. The van der Waals surface area contributed by atoms with Gasteiger partial charge in [0.05, 0.1) is 24.4 Å². The van der Waals surface area contributed by atoms with Gasteiger partial charge in [-0.3, -0.25) is 4.90 Å². The van der Waals surface area contributed by atoms with Crippen molar-refractivity contribution in [3.63, 3.8) is 0 Å². The zero-order valence-electron chi connectivity index (χ0n) is 18.2. The monoisotopic (exact) mass is 440 g/mol. The van der Waals surface area contributed by atoms with Crippen LogP contribution in [-0.2, 0) is 4.74 Å². The van der Waals surface area contributed by atoms with Gasteiger partial charge in [0, 0.05) is 43.6 Å². The van der Waals surface area contributed by atoms with E-state index in [-0.39, 0.29) is 11.2 Å². The van der Waals surface area contributed by atoms with Crippen LogP contribution in [0.15, 0.2) is 42.7 Å². The maximum atomic E-state index is 13.5. The standard InChI is InChI=1S/C23H26F2N6O/c1-16-7-19(27-22-26-15-31(28-22)21-10-17(24)9-18(25)11-21)12-20(8-16)29-13-23(2,14-29)30-3-5-32-6-4-30/h7-12,15H,3-6,13-14H2,1-2H3,(H,27,28). The van der Waals surface area contributed by atoms with Gasteiger partial charge in [0.25, 0.3) is 0 Å². The van der Waals surface area contributed by atoms with Crippen LogP contribution in [0.4, 0.5) is 26.1 Å². The number of benzene rings is 2. The average molecular weight is 440 g/mol. The van der Waals surface area contributed by atoms with Crippen LogP contribution in [-0.4, -0.2) is 64.6 Å². The first-order valence-electron chi connectivity index (χ1n) is 10.7. The summed E-state index contributed by atoms with van der Waals surface area (Å²) in [6.45, 7) is 9.86. The molecule has 0 atom stereocenters. The van der Waals surface area contributed by atoms with Gasteiger partial charge in [0.1, 0.15) is 18.0 Å². The quantitative estimate of drug-likeness (QED) is 0.655. The second kappa shape index (κ2) is 8.14. The van der Waals surface area contributed by atoms with Crippen LogP contribution >= 0.6 is 0 Å². The van der Waals surface area contributed by atoms with Crippen LogP contribution in [0.5, 0.6) is 0 Å². The molecule has 1 N–H and O–H groups in total. The molecular weight excluding hydrogens is 414 g/mol. The summed E-state index contributed by atoms with van der Waals surface area (Å²) in [6, 6.07) is 9.52. The number of hydrogen-bond donors (Lipinski definition) is 1. The number of hydrogen-bond acceptors (Lipinski definition) is 6. The molecule has 32 heavy (non-hydrogen) atoms. The molecule has 0 saturated carbocycles. The fourth-order valence-corrected chi connectivity index (χ4v) is 4.52. The van der Waals surface area contributed by atoms with Crippen LogP contribution in [0, 0.1) is 18.6 Å². The molecule has 2 aromatic carbocycles. The Morgan fingerprint density at radius 3 is 2.41 bits per heavy atom. The Kier molecular flexibility index (Phi) is 5.30. The van der Waals surface area contributed by atoms with E-state index in [2.05, 4.69) is 51.2 Å². The van der Waals surface area contributed by atoms with E-state index in [1.165, 1.54) is 23.1 Å². The molecular formula is C23H26F2N6O. The number of aromatic nitrogens is 3. The third-order valence-corrected chi connectivity index (χ3v) is 6.12. The lowest BCUT2D eigenvalue weighted by atomic mass is 9.88. The number of ether oxygens (including phenoxy) is 1. The van der Waals surface area contributed by atoms with Crippen molar-refractivity contribution < 1.29 is 13.5 Å². The van der Waals surface area contributed by atoms with Gasteiger partial charge in [0.2, 0.25) is 5.95 Å². The molecule has 0 aliphatic carbocycles. The maximum absolute atomic E-state index is 13.5. The van der Waals surface area contributed by atoms with Gasteiger partial charge in [-0.1, -0.05) is 0 Å². The SMILES string of the molecule is Cc1cc(Nc2ncn(-c3cc(F)cc(F)c3)n2)cc(N2CC(C)(N3CCOCC3)C2)c1. The summed E-state index contributed by atoms with van der Waals surface area (Å²) < 4.78 is 33.9. The largest absolute Gasteiger partial charge is 0.379 e. The van der Waals surface area contributed by atoms with Crippen molar-refractivity contribution >= 4 is 17.3 Å². The fourth-order valence-electron chi connectivity index (χ4n) is 4.52. The van der Waals surface area contributed by atoms with E-state index in [0.717, 1.165) is 62.4 Å². The molecule has 3 aromatic rings. The summed E-state index contributed by atoms with van der Waals surface area (Å²) >= 11 is 0. The number of halogens is 2. The summed E-state index contributed by atoms with van der Waals surface area (Å²) in [5, 5.41) is 7.52. The summed E-state index contributed by atoms with van der Waals surface area (Å²) in [6.07, 6.45) is 1.43. The molecule has 2 saturated heterocycles. The summed E-state index contributed by atoms with van der Waals surface area (Å²) in [4.78, 5) is 9.13. The molecule has 0 amide bonds. The highest BCUT2D eigenvalue weighted by Gasteiger charge is 2.44. The zero-order valence-corrected chi connectivity index (χ0v) is 18.2. The highest BCUT2D eigenvalue weighted by Crippen LogP contribution is 2.34. The lowest BCUT2D eigenvalue weighted by Crippen LogP contribution is -2.70. The van der Waals surface area contributed by atoms with E-state index in [9.17, 15) is 8.78 Å². The minimum atomic E-state index is -0.660. The number of aryl methyl sites for hydroxylation is 1. The molecule has 168 valence electrons. The van der Waals surface area contributed by atoms with Crippen molar-refractivity contribution in [3.05, 3.63) is 59.9 Å². The Morgan fingerprint density at radius 2 is 1.69 bits per heavy atom. The van der Waals surface area contributed by atoms with E-state index in [0.29, 0.717) is 5.95 Å². The Bertz CT molecular complexity index is 1100. The number of anilines is 3. The third-order valence-electron chi connectivity index (χ3n) is 6.12. The maximum Gasteiger partial charge on any atom is 0.246 e. The van der Waals surface area contributed by atoms with Crippen molar-refractivity contribution in [1.29, 1.82) is 0 Å². The summed E-state index contributed by atoms with van der Waals surface area (Å²) in [5.41, 5.74) is 3.57. The van der Waals surface area contributed by atoms with Crippen molar-refractivity contribution in [2.45, 2.75) is 19.4 Å². The number of nitrogens with zero attached hydrogens (tertiary/aromatic N) is 5. The number of nitrogens with one attached hydrogen (secondary N) is 1. The van der Waals surface area contributed by atoms with E-state index in [4.69, 9.17) is 4.74 Å². The Balaban J connectivity index is 1.29. The van der Waals surface area contributed by atoms with Gasteiger partial charge >= 0.3 is 0 Å². The highest BCUT2D eigenvalue weighted by atomic mass is 19.1. The smallest absolute Gasteiger partial charge is 0.246 e. The number of morpholine rings is 1. The fraction of sp³-hybridized carbons (Fsp3) is 0.391. The molecule has 7 nitrogen and oxygen atoms in total. The van der Waals surface area contributed by atoms with E-state index in [1.807, 2.05) is 6.07 Å². The molecule has 2 aliphatic rings. The minimum Gasteiger partial charge on any atom is -0.379 e. The van der Waals surface area contributed by atoms with Gasteiger partial charge in [-0.15, -0.1) is 5.10 Å². The van der Waals surface area contributed by atoms with Crippen molar-refractivity contribution in [1.82, 2.24) is 19.7 Å². The van der Waals surface area contributed by atoms with Crippen LogP contribution in [0.1, 0.15) is 12.5 Å². The van der Waals surface area contributed by atoms with Gasteiger partial charge in [-0.2, -0.15) is 4.98 Å². The molecule has 1 aromatic heterocycles. The van der Waals surface area contributed by atoms with Gasteiger partial charge in [-0.05, 0) is 49.7 Å². The molecule has 0 bridgehead atoms. The molecule has 0 radical (unpaired) electrons. The molecule has 2 fully saturated rings. The van der Waals surface area contributed by atoms with Gasteiger partial charge < -0.3 is 15.0 Å². The molecule has 5 rings (SSSR count). The summed E-state index contributed by atoms with van der Waals surface area (Å²) in [5.74, 6) is -0.966. The molecule has 0 spiro atoms. The van der Waals surface area contributed by atoms with Crippen LogP contribution in [0.3, 0.4) is 0 Å². The lowest BCUT2D eigenvalue weighted by molar-refractivity contribution is -0.0265. The number of rotatable bonds is 5. The molecule has 0 unspecified atom stereocenters. The van der Waals surface area contributed by atoms with Crippen molar-refractivity contribution in [2.24, 2.45) is 0 Å². The topological polar surface area (TPSA) is 58.5 Å². The zero-order chi connectivity index (χ0) is 22.3. The third kappa shape index (κ3) is 4.18. The Hall–Kier alpha value is -3.04. The van der Waals surface area contributed by atoms with Gasteiger partial charge in [0.15, 0.2) is 0 Å².